The molecule has 1 fully saturated rings. The van der Waals surface area contributed by atoms with E-state index in [1.165, 1.54) is 6.20 Å². The van der Waals surface area contributed by atoms with Gasteiger partial charge in [0.05, 0.1) is 56.4 Å². The predicted octanol–water partition coefficient (Wildman–Crippen LogP) is 5.27. The molecule has 2 heterocycles. The molecular formula is C28H37ClN6O5S. The van der Waals surface area contributed by atoms with Crippen LogP contribution in [0.2, 0.25) is 5.02 Å². The van der Waals surface area contributed by atoms with Gasteiger partial charge < -0.3 is 24.8 Å². The largest absolute Gasteiger partial charge is 0.495 e. The highest BCUT2D eigenvalue weighted by atomic mass is 35.5. The smallest absolute Gasteiger partial charge is 0.229 e. The summed E-state index contributed by atoms with van der Waals surface area (Å²) in [5.41, 5.74) is 1.47. The van der Waals surface area contributed by atoms with Crippen molar-refractivity contribution in [3.05, 3.63) is 53.7 Å². The molecule has 1 aromatic heterocycles. The van der Waals surface area contributed by atoms with Crippen molar-refractivity contribution in [2.24, 2.45) is 0 Å². The fourth-order valence-corrected chi connectivity index (χ4v) is 5.33. The summed E-state index contributed by atoms with van der Waals surface area (Å²) < 4.78 is 43.1. The maximum Gasteiger partial charge on any atom is 0.229 e. The van der Waals surface area contributed by atoms with E-state index in [0.29, 0.717) is 47.0 Å². The van der Waals surface area contributed by atoms with Gasteiger partial charge in [0.2, 0.25) is 16.0 Å². The fourth-order valence-electron chi connectivity index (χ4n) is 4.61. The molecule has 0 unspecified atom stereocenters. The van der Waals surface area contributed by atoms with Gasteiger partial charge in [-0.3, -0.25) is 9.62 Å². The van der Waals surface area contributed by atoms with Crippen LogP contribution in [-0.2, 0) is 14.8 Å². The number of sulfonamides is 1. The molecule has 2 aromatic carbocycles. The Bertz CT molecular complexity index is 1400. The molecule has 4 rings (SSSR count). The minimum atomic E-state index is -3.48. The number of ether oxygens (including phenoxy) is 3. The third kappa shape index (κ3) is 9.09. The molecule has 0 saturated carbocycles. The molecule has 1 aliphatic rings. The first-order valence-electron chi connectivity index (χ1n) is 13.5. The third-order valence-electron chi connectivity index (χ3n) is 6.62. The molecule has 0 aliphatic carbocycles. The number of nitrogens with zero attached hydrogens (tertiary/aromatic N) is 3. The Morgan fingerprint density at radius 2 is 1.85 bits per heavy atom. The molecule has 222 valence electrons. The van der Waals surface area contributed by atoms with E-state index in [9.17, 15) is 8.42 Å². The van der Waals surface area contributed by atoms with Gasteiger partial charge in [0.15, 0.2) is 5.82 Å². The number of rotatable bonds is 14. The Morgan fingerprint density at radius 1 is 1.10 bits per heavy atom. The zero-order valence-electron chi connectivity index (χ0n) is 23.5. The molecule has 11 nitrogen and oxygen atoms in total. The normalized spacial score (nSPS) is 14.7. The standard InChI is InChI=1S/C28H37ClN6O5S/c1-4-20(35-13-16-39-17-14-35)8-7-15-40-21-11-12-26(38-2)25(18-21)32-28-30-19-22(29)27(33-28)31-23-9-5-6-10-24(23)34-41(3,36)37/h5-6,9-12,18-20,34H,4,7-8,13-17H2,1-3H3,(H2,30,31,32,33)/t20-/m0/s1. The van der Waals surface area contributed by atoms with Crippen LogP contribution in [0, 0.1) is 0 Å². The minimum absolute atomic E-state index is 0.260. The van der Waals surface area contributed by atoms with E-state index < -0.39 is 10.0 Å². The van der Waals surface area contributed by atoms with E-state index in [2.05, 4.69) is 37.1 Å². The summed E-state index contributed by atoms with van der Waals surface area (Å²) in [5.74, 6) is 1.84. The van der Waals surface area contributed by atoms with Gasteiger partial charge in [-0.2, -0.15) is 4.98 Å². The van der Waals surface area contributed by atoms with Crippen molar-refractivity contribution < 1.29 is 22.6 Å². The van der Waals surface area contributed by atoms with Crippen molar-refractivity contribution in [2.45, 2.75) is 32.2 Å². The van der Waals surface area contributed by atoms with Gasteiger partial charge in [-0.25, -0.2) is 13.4 Å². The first kappa shape index (κ1) is 30.6. The summed E-state index contributed by atoms with van der Waals surface area (Å²) in [6.45, 7) is 6.41. The third-order valence-corrected chi connectivity index (χ3v) is 7.49. The maximum atomic E-state index is 11.8. The lowest BCUT2D eigenvalue weighted by atomic mass is 10.1. The van der Waals surface area contributed by atoms with Gasteiger partial charge in [-0.15, -0.1) is 0 Å². The summed E-state index contributed by atoms with van der Waals surface area (Å²) in [6.07, 6.45) is 5.65. The Labute approximate surface area is 246 Å². The Morgan fingerprint density at radius 3 is 2.56 bits per heavy atom. The Hall–Kier alpha value is -3.32. The lowest BCUT2D eigenvalue weighted by Gasteiger charge is -2.34. The highest BCUT2D eigenvalue weighted by Gasteiger charge is 2.19. The van der Waals surface area contributed by atoms with Crippen LogP contribution in [0.4, 0.5) is 28.8 Å². The lowest BCUT2D eigenvalue weighted by molar-refractivity contribution is 0.0129. The van der Waals surface area contributed by atoms with Crippen LogP contribution in [0.1, 0.15) is 26.2 Å². The number of benzene rings is 2. The fraction of sp³-hybridized carbons (Fsp3) is 0.429. The van der Waals surface area contributed by atoms with Crippen molar-refractivity contribution in [1.82, 2.24) is 14.9 Å². The number of para-hydroxylation sites is 2. The topological polar surface area (TPSA) is 127 Å². The molecule has 1 saturated heterocycles. The summed E-state index contributed by atoms with van der Waals surface area (Å²) in [4.78, 5) is 11.3. The minimum Gasteiger partial charge on any atom is -0.495 e. The van der Waals surface area contributed by atoms with Crippen molar-refractivity contribution in [1.29, 1.82) is 0 Å². The van der Waals surface area contributed by atoms with E-state index in [-0.39, 0.29) is 11.0 Å². The lowest BCUT2D eigenvalue weighted by Crippen LogP contribution is -2.43. The molecule has 1 atom stereocenters. The van der Waals surface area contributed by atoms with Crippen molar-refractivity contribution in [3.63, 3.8) is 0 Å². The average molecular weight is 605 g/mol. The van der Waals surface area contributed by atoms with Gasteiger partial charge >= 0.3 is 0 Å². The van der Waals surface area contributed by atoms with Crippen molar-refractivity contribution in [2.75, 3.05) is 61.6 Å². The quantitative estimate of drug-likeness (QED) is 0.209. The van der Waals surface area contributed by atoms with Crippen LogP contribution >= 0.6 is 11.6 Å². The summed E-state index contributed by atoms with van der Waals surface area (Å²) in [7, 11) is -1.90. The van der Waals surface area contributed by atoms with Crippen LogP contribution in [0.15, 0.2) is 48.7 Å². The number of halogens is 1. The number of hydrogen-bond donors (Lipinski definition) is 3. The van der Waals surface area contributed by atoms with Crippen LogP contribution in [0.25, 0.3) is 0 Å². The van der Waals surface area contributed by atoms with E-state index in [4.69, 9.17) is 25.8 Å². The van der Waals surface area contributed by atoms with Gasteiger partial charge in [0.1, 0.15) is 16.5 Å². The Balaban J connectivity index is 1.42. The predicted molar refractivity (Wildman–Crippen MR) is 163 cm³/mol. The van der Waals surface area contributed by atoms with Crippen LogP contribution in [-0.4, -0.2) is 75.6 Å². The second-order valence-corrected chi connectivity index (χ2v) is 11.8. The number of nitrogens with one attached hydrogen (secondary N) is 3. The van der Waals surface area contributed by atoms with Gasteiger partial charge in [-0.1, -0.05) is 30.7 Å². The van der Waals surface area contributed by atoms with Crippen molar-refractivity contribution >= 4 is 50.5 Å². The molecule has 3 N–H and O–H groups in total. The average Bonchev–Trinajstić information content (AvgIpc) is 2.96. The molecule has 0 amide bonds. The summed E-state index contributed by atoms with van der Waals surface area (Å²) in [6, 6.07) is 12.9. The second kappa shape index (κ2) is 14.5. The van der Waals surface area contributed by atoms with Crippen LogP contribution in [0.3, 0.4) is 0 Å². The molecule has 0 radical (unpaired) electrons. The first-order valence-corrected chi connectivity index (χ1v) is 15.8. The zero-order chi connectivity index (χ0) is 29.2. The molecule has 13 heteroatoms. The highest BCUT2D eigenvalue weighted by molar-refractivity contribution is 7.92. The van der Waals surface area contributed by atoms with E-state index in [1.807, 2.05) is 18.2 Å². The van der Waals surface area contributed by atoms with Gasteiger partial charge in [-0.05, 0) is 43.5 Å². The SMILES string of the molecule is CC[C@@H](CCCOc1ccc(OC)c(Nc2ncc(Cl)c(Nc3ccccc3NS(C)(=O)=O)n2)c1)N1CCOCC1. The molecule has 0 spiro atoms. The van der Waals surface area contributed by atoms with E-state index in [0.717, 1.165) is 51.8 Å². The van der Waals surface area contributed by atoms with E-state index in [1.54, 1.807) is 31.4 Å². The first-order chi connectivity index (χ1) is 19.8. The molecule has 41 heavy (non-hydrogen) atoms. The highest BCUT2D eigenvalue weighted by Crippen LogP contribution is 2.33. The zero-order valence-corrected chi connectivity index (χ0v) is 25.1. The van der Waals surface area contributed by atoms with Gasteiger partial charge in [0.25, 0.3) is 0 Å². The van der Waals surface area contributed by atoms with Crippen LogP contribution in [0.5, 0.6) is 11.5 Å². The number of aromatic nitrogens is 2. The van der Waals surface area contributed by atoms with Crippen LogP contribution < -0.4 is 24.8 Å². The number of hydrogen-bond acceptors (Lipinski definition) is 10. The Kier molecular flexibility index (Phi) is 10.9. The molecule has 1 aliphatic heterocycles. The van der Waals surface area contributed by atoms with Gasteiger partial charge in [0, 0.05) is 25.2 Å². The summed E-state index contributed by atoms with van der Waals surface area (Å²) in [5, 5.41) is 6.52. The van der Waals surface area contributed by atoms with E-state index >= 15 is 0 Å². The molecule has 0 bridgehead atoms. The number of anilines is 5. The monoisotopic (exact) mass is 604 g/mol. The number of methoxy groups -OCH3 is 1. The summed E-state index contributed by atoms with van der Waals surface area (Å²) >= 11 is 6.36. The number of morpholine rings is 1. The maximum absolute atomic E-state index is 11.8. The molecular weight excluding hydrogens is 568 g/mol. The molecule has 3 aromatic rings. The van der Waals surface area contributed by atoms with Crippen molar-refractivity contribution in [3.8, 4) is 11.5 Å². The second-order valence-electron chi connectivity index (χ2n) is 9.62.